The van der Waals surface area contributed by atoms with Crippen LogP contribution < -0.4 is 14.8 Å². The zero-order valence-corrected chi connectivity index (χ0v) is 12.3. The van der Waals surface area contributed by atoms with E-state index >= 15 is 0 Å². The molecule has 1 aromatic rings. The quantitative estimate of drug-likeness (QED) is 0.817. The van der Waals surface area contributed by atoms with Gasteiger partial charge in [-0.15, -0.1) is 0 Å². The van der Waals surface area contributed by atoms with E-state index in [-0.39, 0.29) is 0 Å². The predicted octanol–water partition coefficient (Wildman–Crippen LogP) is 3.37. The molecule has 2 rings (SSSR count). The van der Waals surface area contributed by atoms with Crippen molar-refractivity contribution >= 4 is 15.9 Å². The molecule has 1 unspecified atom stereocenters. The predicted molar refractivity (Wildman–Crippen MR) is 76.4 cm³/mol. The lowest BCUT2D eigenvalue weighted by molar-refractivity contribution is 0.296. The van der Waals surface area contributed by atoms with Crippen molar-refractivity contribution in [2.24, 2.45) is 0 Å². The van der Waals surface area contributed by atoms with E-state index < -0.39 is 0 Å². The number of hydrogen-bond donors (Lipinski definition) is 1. The Morgan fingerprint density at radius 1 is 1.44 bits per heavy atom. The summed E-state index contributed by atoms with van der Waals surface area (Å²) in [6.07, 6.45) is 4.92. The van der Waals surface area contributed by atoms with E-state index in [1.54, 1.807) is 7.11 Å². The van der Waals surface area contributed by atoms with Gasteiger partial charge in [0, 0.05) is 6.04 Å². The third-order valence-electron chi connectivity index (χ3n) is 3.26. The number of ether oxygens (including phenoxy) is 2. The van der Waals surface area contributed by atoms with Crippen LogP contribution in [0.4, 0.5) is 0 Å². The highest BCUT2D eigenvalue weighted by atomic mass is 79.9. The number of hydrogen-bond acceptors (Lipinski definition) is 3. The molecule has 1 aliphatic heterocycles. The maximum atomic E-state index is 5.77. The number of nitrogens with one attached hydrogen (secondary N) is 1. The van der Waals surface area contributed by atoms with Crippen molar-refractivity contribution < 1.29 is 9.47 Å². The van der Waals surface area contributed by atoms with Crippen LogP contribution in [0.25, 0.3) is 0 Å². The monoisotopic (exact) mass is 313 g/mol. The SMILES string of the molecule is COc1ccc(OCCCC2CCCN2)c(Br)c1. The number of methoxy groups -OCH3 is 1. The Hall–Kier alpha value is -0.740. The Bertz CT molecular complexity index is 378. The average molecular weight is 314 g/mol. The van der Waals surface area contributed by atoms with Gasteiger partial charge in [-0.2, -0.15) is 0 Å². The van der Waals surface area contributed by atoms with Gasteiger partial charge in [-0.1, -0.05) is 0 Å². The molecule has 100 valence electrons. The van der Waals surface area contributed by atoms with Gasteiger partial charge in [0.25, 0.3) is 0 Å². The summed E-state index contributed by atoms with van der Waals surface area (Å²) in [6, 6.07) is 6.48. The third-order valence-corrected chi connectivity index (χ3v) is 3.88. The summed E-state index contributed by atoms with van der Waals surface area (Å²) in [4.78, 5) is 0. The molecule has 0 saturated carbocycles. The summed E-state index contributed by atoms with van der Waals surface area (Å²) in [5.41, 5.74) is 0. The molecule has 1 N–H and O–H groups in total. The first-order valence-corrected chi connectivity index (χ1v) is 7.28. The second-order valence-corrected chi connectivity index (χ2v) is 5.43. The number of halogens is 1. The third kappa shape index (κ3) is 3.89. The normalized spacial score (nSPS) is 18.9. The Balaban J connectivity index is 1.72. The fourth-order valence-corrected chi connectivity index (χ4v) is 2.71. The second kappa shape index (κ2) is 7.00. The molecule has 1 heterocycles. The molecule has 1 aliphatic rings. The first-order chi connectivity index (χ1) is 8.79. The van der Waals surface area contributed by atoms with Gasteiger partial charge in [-0.3, -0.25) is 0 Å². The molecular formula is C14H20BrNO2. The minimum Gasteiger partial charge on any atom is -0.497 e. The molecule has 0 radical (unpaired) electrons. The highest BCUT2D eigenvalue weighted by Gasteiger charge is 2.13. The van der Waals surface area contributed by atoms with Crippen molar-refractivity contribution in [2.75, 3.05) is 20.3 Å². The standard InChI is InChI=1S/C14H20BrNO2/c1-17-12-6-7-14(13(15)10-12)18-9-3-5-11-4-2-8-16-11/h6-7,10-11,16H,2-5,8-9H2,1H3. The van der Waals surface area contributed by atoms with Gasteiger partial charge in [-0.05, 0) is 66.4 Å². The summed E-state index contributed by atoms with van der Waals surface area (Å²) in [7, 11) is 1.66. The molecule has 18 heavy (non-hydrogen) atoms. The highest BCUT2D eigenvalue weighted by molar-refractivity contribution is 9.10. The molecule has 4 heteroatoms. The van der Waals surface area contributed by atoms with E-state index in [4.69, 9.17) is 9.47 Å². The van der Waals surface area contributed by atoms with E-state index in [1.165, 1.54) is 25.8 Å². The maximum absolute atomic E-state index is 5.77. The fourth-order valence-electron chi connectivity index (χ4n) is 2.24. The van der Waals surface area contributed by atoms with Crippen LogP contribution in [0.3, 0.4) is 0 Å². The zero-order valence-electron chi connectivity index (χ0n) is 10.7. The molecule has 3 nitrogen and oxygen atoms in total. The molecule has 1 fully saturated rings. The minimum absolute atomic E-state index is 0.702. The van der Waals surface area contributed by atoms with Crippen molar-refractivity contribution in [3.8, 4) is 11.5 Å². The van der Waals surface area contributed by atoms with Crippen LogP contribution in [0.2, 0.25) is 0 Å². The van der Waals surface area contributed by atoms with Crippen molar-refractivity contribution in [2.45, 2.75) is 31.7 Å². The lowest BCUT2D eigenvalue weighted by atomic mass is 10.1. The summed E-state index contributed by atoms with van der Waals surface area (Å²) in [5, 5.41) is 3.50. The summed E-state index contributed by atoms with van der Waals surface area (Å²) in [6.45, 7) is 1.94. The molecule has 1 atom stereocenters. The fraction of sp³-hybridized carbons (Fsp3) is 0.571. The molecule has 0 spiro atoms. The molecule has 0 amide bonds. The highest BCUT2D eigenvalue weighted by Crippen LogP contribution is 2.29. The number of rotatable bonds is 6. The number of benzene rings is 1. The van der Waals surface area contributed by atoms with Crippen molar-refractivity contribution in [3.05, 3.63) is 22.7 Å². The van der Waals surface area contributed by atoms with Crippen LogP contribution in [-0.2, 0) is 0 Å². The van der Waals surface area contributed by atoms with Crippen LogP contribution in [0, 0.1) is 0 Å². The molecular weight excluding hydrogens is 294 g/mol. The van der Waals surface area contributed by atoms with E-state index in [0.717, 1.165) is 29.0 Å². The lowest BCUT2D eigenvalue weighted by Crippen LogP contribution is -2.21. The largest absolute Gasteiger partial charge is 0.497 e. The molecule has 0 aliphatic carbocycles. The minimum atomic E-state index is 0.702. The van der Waals surface area contributed by atoms with Crippen LogP contribution in [-0.4, -0.2) is 26.3 Å². The van der Waals surface area contributed by atoms with Crippen molar-refractivity contribution in [1.82, 2.24) is 5.32 Å². The molecule has 0 bridgehead atoms. The first-order valence-electron chi connectivity index (χ1n) is 6.49. The van der Waals surface area contributed by atoms with Gasteiger partial charge in [-0.25, -0.2) is 0 Å². The van der Waals surface area contributed by atoms with Crippen LogP contribution in [0.1, 0.15) is 25.7 Å². The van der Waals surface area contributed by atoms with Gasteiger partial charge in [0.2, 0.25) is 0 Å². The van der Waals surface area contributed by atoms with Crippen LogP contribution >= 0.6 is 15.9 Å². The van der Waals surface area contributed by atoms with Crippen LogP contribution in [0.15, 0.2) is 22.7 Å². The van der Waals surface area contributed by atoms with Crippen LogP contribution in [0.5, 0.6) is 11.5 Å². The van der Waals surface area contributed by atoms with E-state index in [9.17, 15) is 0 Å². The van der Waals surface area contributed by atoms with E-state index in [2.05, 4.69) is 21.2 Å². The van der Waals surface area contributed by atoms with Gasteiger partial charge >= 0.3 is 0 Å². The molecule has 1 saturated heterocycles. The Labute approximate surface area is 117 Å². The topological polar surface area (TPSA) is 30.5 Å². The van der Waals surface area contributed by atoms with Crippen molar-refractivity contribution in [3.63, 3.8) is 0 Å². The van der Waals surface area contributed by atoms with Crippen molar-refractivity contribution in [1.29, 1.82) is 0 Å². The van der Waals surface area contributed by atoms with E-state index in [1.807, 2.05) is 18.2 Å². The molecule has 1 aromatic carbocycles. The average Bonchev–Trinajstić information content (AvgIpc) is 2.89. The Morgan fingerprint density at radius 3 is 3.00 bits per heavy atom. The first kappa shape index (κ1) is 13.7. The van der Waals surface area contributed by atoms with Gasteiger partial charge < -0.3 is 14.8 Å². The Morgan fingerprint density at radius 2 is 2.33 bits per heavy atom. The summed E-state index contributed by atoms with van der Waals surface area (Å²) >= 11 is 3.49. The summed E-state index contributed by atoms with van der Waals surface area (Å²) in [5.74, 6) is 1.72. The van der Waals surface area contributed by atoms with Gasteiger partial charge in [0.1, 0.15) is 11.5 Å². The lowest BCUT2D eigenvalue weighted by Gasteiger charge is -2.12. The summed E-state index contributed by atoms with van der Waals surface area (Å²) < 4.78 is 11.9. The Kier molecular flexibility index (Phi) is 5.32. The molecule has 0 aromatic heterocycles. The van der Waals surface area contributed by atoms with Gasteiger partial charge in [0.15, 0.2) is 0 Å². The van der Waals surface area contributed by atoms with Gasteiger partial charge in [0.05, 0.1) is 18.2 Å². The van der Waals surface area contributed by atoms with E-state index in [0.29, 0.717) is 6.04 Å². The second-order valence-electron chi connectivity index (χ2n) is 4.58. The maximum Gasteiger partial charge on any atom is 0.133 e. The smallest absolute Gasteiger partial charge is 0.133 e. The zero-order chi connectivity index (χ0) is 12.8.